The van der Waals surface area contributed by atoms with Gasteiger partial charge in [-0.05, 0) is 17.9 Å². The third-order valence-electron chi connectivity index (χ3n) is 2.92. The maximum Gasteiger partial charge on any atom is 0.222 e. The van der Waals surface area contributed by atoms with E-state index in [1.165, 1.54) is 5.56 Å². The number of likely N-dealkylation sites (tertiary alicyclic amines) is 1. The molecule has 0 aromatic heterocycles. The number of carbonyl (C=O) groups excluding carboxylic acids is 1. The minimum atomic E-state index is 0.318. The summed E-state index contributed by atoms with van der Waals surface area (Å²) < 4.78 is 0. The van der Waals surface area contributed by atoms with Gasteiger partial charge >= 0.3 is 0 Å². The molecule has 0 bridgehead atoms. The van der Waals surface area contributed by atoms with Crippen LogP contribution in [0.15, 0.2) is 30.3 Å². The molecular weight excluding hydrogens is 186 g/mol. The van der Waals surface area contributed by atoms with E-state index in [-0.39, 0.29) is 0 Å². The van der Waals surface area contributed by atoms with E-state index in [0.717, 1.165) is 25.9 Å². The van der Waals surface area contributed by atoms with Gasteiger partial charge in [0.15, 0.2) is 0 Å². The van der Waals surface area contributed by atoms with Crippen molar-refractivity contribution in [1.29, 1.82) is 0 Å². The van der Waals surface area contributed by atoms with Crippen molar-refractivity contribution in [3.63, 3.8) is 0 Å². The van der Waals surface area contributed by atoms with Crippen LogP contribution in [0.3, 0.4) is 0 Å². The van der Waals surface area contributed by atoms with E-state index < -0.39 is 0 Å². The first-order valence-corrected chi connectivity index (χ1v) is 5.57. The lowest BCUT2D eigenvalue weighted by Gasteiger charge is -2.15. The monoisotopic (exact) mass is 203 g/mol. The van der Waals surface area contributed by atoms with Gasteiger partial charge in [-0.25, -0.2) is 0 Å². The summed E-state index contributed by atoms with van der Waals surface area (Å²) in [4.78, 5) is 13.5. The van der Waals surface area contributed by atoms with Gasteiger partial charge < -0.3 is 4.90 Å². The molecule has 0 spiro atoms. The Morgan fingerprint density at radius 3 is 2.67 bits per heavy atom. The first kappa shape index (κ1) is 10.2. The fourth-order valence-electron chi connectivity index (χ4n) is 2.09. The minimum absolute atomic E-state index is 0.318. The molecule has 1 unspecified atom stereocenters. The third-order valence-corrected chi connectivity index (χ3v) is 2.92. The number of benzene rings is 1. The van der Waals surface area contributed by atoms with Crippen molar-refractivity contribution in [3.8, 4) is 0 Å². The molecule has 0 saturated carbocycles. The van der Waals surface area contributed by atoms with E-state index in [4.69, 9.17) is 0 Å². The number of amides is 1. The molecule has 2 nitrogen and oxygen atoms in total. The predicted molar refractivity (Wildman–Crippen MR) is 60.5 cm³/mol. The molecule has 0 N–H and O–H groups in total. The summed E-state index contributed by atoms with van der Waals surface area (Å²) in [6.45, 7) is 3.94. The molecule has 2 heteroatoms. The van der Waals surface area contributed by atoms with Gasteiger partial charge in [-0.2, -0.15) is 0 Å². The van der Waals surface area contributed by atoms with Crippen molar-refractivity contribution in [2.45, 2.75) is 19.8 Å². The molecule has 1 saturated heterocycles. The van der Waals surface area contributed by atoms with Crippen LogP contribution in [0.25, 0.3) is 0 Å². The summed E-state index contributed by atoms with van der Waals surface area (Å²) in [5.74, 6) is 0.853. The van der Waals surface area contributed by atoms with E-state index in [9.17, 15) is 4.79 Å². The van der Waals surface area contributed by atoms with Crippen molar-refractivity contribution in [2.24, 2.45) is 5.92 Å². The Morgan fingerprint density at radius 1 is 1.33 bits per heavy atom. The van der Waals surface area contributed by atoms with Crippen LogP contribution in [0, 0.1) is 5.92 Å². The Bertz CT molecular complexity index is 334. The lowest BCUT2D eigenvalue weighted by atomic mass is 10.1. The smallest absolute Gasteiger partial charge is 0.222 e. The van der Waals surface area contributed by atoms with E-state index >= 15 is 0 Å². The minimum Gasteiger partial charge on any atom is -0.342 e. The Labute approximate surface area is 90.9 Å². The topological polar surface area (TPSA) is 20.3 Å². The van der Waals surface area contributed by atoms with E-state index in [1.54, 1.807) is 0 Å². The number of carbonyl (C=O) groups is 1. The largest absolute Gasteiger partial charge is 0.342 e. The van der Waals surface area contributed by atoms with Gasteiger partial charge in [0.1, 0.15) is 0 Å². The summed E-state index contributed by atoms with van der Waals surface area (Å²) in [5.41, 5.74) is 1.31. The molecule has 0 aliphatic carbocycles. The highest BCUT2D eigenvalue weighted by atomic mass is 16.2. The fraction of sp³-hybridized carbons (Fsp3) is 0.462. The number of hydrogen-bond acceptors (Lipinski definition) is 1. The molecule has 1 aliphatic rings. The molecule has 1 amide bonds. The maximum absolute atomic E-state index is 11.5. The van der Waals surface area contributed by atoms with Crippen LogP contribution in [0.2, 0.25) is 0 Å². The summed E-state index contributed by atoms with van der Waals surface area (Å²) in [7, 11) is 0. The molecule has 80 valence electrons. The van der Waals surface area contributed by atoms with Gasteiger partial charge in [0.25, 0.3) is 0 Å². The highest BCUT2D eigenvalue weighted by molar-refractivity contribution is 5.78. The predicted octanol–water partition coefficient (Wildman–Crippen LogP) is 2.10. The lowest BCUT2D eigenvalue weighted by Crippen LogP contribution is -2.27. The Morgan fingerprint density at radius 2 is 2.07 bits per heavy atom. The number of hydrogen-bond donors (Lipinski definition) is 0. The van der Waals surface area contributed by atoms with Crippen LogP contribution in [-0.2, 0) is 11.2 Å². The molecule has 1 atom stereocenters. The van der Waals surface area contributed by atoms with Crippen molar-refractivity contribution in [3.05, 3.63) is 35.9 Å². The standard InChI is InChI=1S/C13H17NO/c1-11-9-13(15)14(10-11)8-7-12-5-3-2-4-6-12/h2-6,11H,7-10H2,1H3. The van der Waals surface area contributed by atoms with Crippen molar-refractivity contribution in [2.75, 3.05) is 13.1 Å². The van der Waals surface area contributed by atoms with Crippen LogP contribution >= 0.6 is 0 Å². The van der Waals surface area contributed by atoms with Gasteiger partial charge in [0.2, 0.25) is 5.91 Å². The van der Waals surface area contributed by atoms with Crippen LogP contribution in [0.5, 0.6) is 0 Å². The van der Waals surface area contributed by atoms with E-state index in [0.29, 0.717) is 11.8 Å². The second-order valence-corrected chi connectivity index (χ2v) is 4.38. The summed E-state index contributed by atoms with van der Waals surface area (Å²) in [5, 5.41) is 0. The fourth-order valence-corrected chi connectivity index (χ4v) is 2.09. The first-order chi connectivity index (χ1) is 7.25. The van der Waals surface area contributed by atoms with E-state index in [2.05, 4.69) is 19.1 Å². The van der Waals surface area contributed by atoms with Gasteiger partial charge in [-0.15, -0.1) is 0 Å². The quantitative estimate of drug-likeness (QED) is 0.736. The zero-order chi connectivity index (χ0) is 10.7. The SMILES string of the molecule is CC1CC(=O)N(CCc2ccccc2)C1. The molecule has 1 aromatic carbocycles. The second-order valence-electron chi connectivity index (χ2n) is 4.38. The first-order valence-electron chi connectivity index (χ1n) is 5.57. The Balaban J connectivity index is 1.86. The van der Waals surface area contributed by atoms with Crippen LogP contribution in [0.1, 0.15) is 18.9 Å². The van der Waals surface area contributed by atoms with Gasteiger partial charge in [0.05, 0.1) is 0 Å². The molecule has 2 rings (SSSR count). The zero-order valence-corrected chi connectivity index (χ0v) is 9.15. The molecule has 1 aromatic rings. The number of rotatable bonds is 3. The second kappa shape index (κ2) is 4.47. The van der Waals surface area contributed by atoms with Crippen LogP contribution in [-0.4, -0.2) is 23.9 Å². The Hall–Kier alpha value is -1.31. The molecular formula is C13H17NO. The maximum atomic E-state index is 11.5. The highest BCUT2D eigenvalue weighted by Crippen LogP contribution is 2.16. The third kappa shape index (κ3) is 2.58. The Kier molecular flexibility index (Phi) is 3.05. The lowest BCUT2D eigenvalue weighted by molar-refractivity contribution is -0.127. The summed E-state index contributed by atoms with van der Waals surface area (Å²) in [6.07, 6.45) is 1.70. The average molecular weight is 203 g/mol. The van der Waals surface area contributed by atoms with Gasteiger partial charge in [0, 0.05) is 19.5 Å². The van der Waals surface area contributed by atoms with Crippen molar-refractivity contribution < 1.29 is 4.79 Å². The molecule has 1 aliphatic heterocycles. The van der Waals surface area contributed by atoms with Gasteiger partial charge in [-0.1, -0.05) is 37.3 Å². The zero-order valence-electron chi connectivity index (χ0n) is 9.15. The van der Waals surface area contributed by atoms with Crippen LogP contribution in [0.4, 0.5) is 0 Å². The van der Waals surface area contributed by atoms with Crippen molar-refractivity contribution in [1.82, 2.24) is 4.90 Å². The van der Waals surface area contributed by atoms with Crippen LogP contribution < -0.4 is 0 Å². The van der Waals surface area contributed by atoms with E-state index in [1.807, 2.05) is 23.1 Å². The average Bonchev–Trinajstić information content (AvgIpc) is 2.56. The van der Waals surface area contributed by atoms with Crippen molar-refractivity contribution >= 4 is 5.91 Å². The molecule has 1 heterocycles. The number of nitrogens with zero attached hydrogens (tertiary/aromatic N) is 1. The van der Waals surface area contributed by atoms with Gasteiger partial charge in [-0.3, -0.25) is 4.79 Å². The highest BCUT2D eigenvalue weighted by Gasteiger charge is 2.25. The molecule has 0 radical (unpaired) electrons. The summed E-state index contributed by atoms with van der Waals surface area (Å²) in [6, 6.07) is 10.3. The molecule has 1 fully saturated rings. The normalized spacial score (nSPS) is 21.0. The summed E-state index contributed by atoms with van der Waals surface area (Å²) >= 11 is 0. The molecule has 15 heavy (non-hydrogen) atoms.